The smallest absolute Gasteiger partial charge is 0.228 e. The third-order valence-corrected chi connectivity index (χ3v) is 2.77. The van der Waals surface area contributed by atoms with Crippen molar-refractivity contribution in [2.45, 2.75) is 40.7 Å². The summed E-state index contributed by atoms with van der Waals surface area (Å²) < 4.78 is 5.64. The molecule has 1 heterocycles. The highest BCUT2D eigenvalue weighted by atomic mass is 16.5. The van der Waals surface area contributed by atoms with E-state index in [-0.39, 0.29) is 17.4 Å². The van der Waals surface area contributed by atoms with Gasteiger partial charge in [-0.3, -0.25) is 4.79 Å². The van der Waals surface area contributed by atoms with E-state index in [1.165, 1.54) is 0 Å². The standard InChI is InChI=1S/C12H23NO2/c1-9(2)10-8-13(6-7-15-10)11(14)12(3,4)5/h9-10H,6-8H2,1-5H3/t10-/m1/s1. The lowest BCUT2D eigenvalue weighted by Gasteiger charge is -2.37. The Morgan fingerprint density at radius 2 is 2.00 bits per heavy atom. The molecule has 1 fully saturated rings. The zero-order valence-corrected chi connectivity index (χ0v) is 10.5. The molecule has 0 unspecified atom stereocenters. The second-order valence-corrected chi connectivity index (χ2v) is 5.65. The summed E-state index contributed by atoms with van der Waals surface area (Å²) in [5.74, 6) is 0.706. The van der Waals surface area contributed by atoms with E-state index in [9.17, 15) is 4.79 Å². The predicted molar refractivity (Wildman–Crippen MR) is 60.6 cm³/mol. The highest BCUT2D eigenvalue weighted by molar-refractivity contribution is 5.81. The van der Waals surface area contributed by atoms with Crippen LogP contribution in [0, 0.1) is 11.3 Å². The lowest BCUT2D eigenvalue weighted by molar-refractivity contribution is -0.148. The van der Waals surface area contributed by atoms with Crippen molar-refractivity contribution in [3.05, 3.63) is 0 Å². The molecule has 1 saturated heterocycles. The minimum Gasteiger partial charge on any atom is -0.374 e. The fourth-order valence-corrected chi connectivity index (χ4v) is 1.74. The van der Waals surface area contributed by atoms with Crippen molar-refractivity contribution in [2.75, 3.05) is 19.7 Å². The van der Waals surface area contributed by atoms with Crippen LogP contribution in [0.15, 0.2) is 0 Å². The first-order valence-electron chi connectivity index (χ1n) is 5.73. The molecule has 0 saturated carbocycles. The fraction of sp³-hybridized carbons (Fsp3) is 0.917. The Kier molecular flexibility index (Phi) is 3.77. The second kappa shape index (κ2) is 4.52. The van der Waals surface area contributed by atoms with Crippen molar-refractivity contribution in [3.8, 4) is 0 Å². The summed E-state index contributed by atoms with van der Waals surface area (Å²) in [5.41, 5.74) is -0.279. The fourth-order valence-electron chi connectivity index (χ4n) is 1.74. The lowest BCUT2D eigenvalue weighted by Crippen LogP contribution is -2.50. The molecule has 1 rings (SSSR count). The van der Waals surface area contributed by atoms with Gasteiger partial charge in [-0.1, -0.05) is 34.6 Å². The zero-order chi connectivity index (χ0) is 11.6. The Bertz CT molecular complexity index is 230. The summed E-state index contributed by atoms with van der Waals surface area (Å²) in [6, 6.07) is 0. The van der Waals surface area contributed by atoms with E-state index in [4.69, 9.17) is 4.74 Å². The van der Waals surface area contributed by atoms with Crippen molar-refractivity contribution in [3.63, 3.8) is 0 Å². The molecule has 0 bridgehead atoms. The normalized spacial score (nSPS) is 23.3. The second-order valence-electron chi connectivity index (χ2n) is 5.65. The number of rotatable bonds is 1. The molecule has 0 N–H and O–H groups in total. The quantitative estimate of drug-likeness (QED) is 0.666. The summed E-state index contributed by atoms with van der Waals surface area (Å²) in [5, 5.41) is 0. The molecule has 3 nitrogen and oxygen atoms in total. The highest BCUT2D eigenvalue weighted by Crippen LogP contribution is 2.21. The maximum absolute atomic E-state index is 12.1. The summed E-state index contributed by atoms with van der Waals surface area (Å²) in [4.78, 5) is 14.0. The van der Waals surface area contributed by atoms with E-state index in [0.717, 1.165) is 13.1 Å². The first-order valence-corrected chi connectivity index (χ1v) is 5.73. The molecule has 0 aromatic rings. The Morgan fingerprint density at radius 3 is 2.47 bits per heavy atom. The Labute approximate surface area is 92.8 Å². The van der Waals surface area contributed by atoms with Crippen molar-refractivity contribution in [1.29, 1.82) is 0 Å². The van der Waals surface area contributed by atoms with Crippen molar-refractivity contribution >= 4 is 5.91 Å². The van der Waals surface area contributed by atoms with Crippen LogP contribution in [0.1, 0.15) is 34.6 Å². The summed E-state index contributed by atoms with van der Waals surface area (Å²) >= 11 is 0. The van der Waals surface area contributed by atoms with Crippen LogP contribution in [-0.2, 0) is 9.53 Å². The number of morpholine rings is 1. The average molecular weight is 213 g/mol. The van der Waals surface area contributed by atoms with E-state index in [0.29, 0.717) is 12.5 Å². The van der Waals surface area contributed by atoms with Gasteiger partial charge < -0.3 is 9.64 Å². The van der Waals surface area contributed by atoms with Gasteiger partial charge in [-0.05, 0) is 5.92 Å². The zero-order valence-electron chi connectivity index (χ0n) is 10.5. The number of carbonyl (C=O) groups is 1. The van der Waals surface area contributed by atoms with E-state index in [1.807, 2.05) is 25.7 Å². The molecule has 0 aromatic carbocycles. The van der Waals surface area contributed by atoms with E-state index < -0.39 is 0 Å². The molecule has 0 radical (unpaired) electrons. The van der Waals surface area contributed by atoms with Crippen molar-refractivity contribution in [2.24, 2.45) is 11.3 Å². The van der Waals surface area contributed by atoms with Gasteiger partial charge in [0, 0.05) is 18.5 Å². The van der Waals surface area contributed by atoms with Crippen molar-refractivity contribution < 1.29 is 9.53 Å². The third-order valence-electron chi connectivity index (χ3n) is 2.77. The molecule has 3 heteroatoms. The van der Waals surface area contributed by atoms with Crippen LogP contribution >= 0.6 is 0 Å². The van der Waals surface area contributed by atoms with Gasteiger partial charge in [-0.2, -0.15) is 0 Å². The topological polar surface area (TPSA) is 29.5 Å². The first-order chi connectivity index (χ1) is 6.82. The minimum atomic E-state index is -0.279. The first kappa shape index (κ1) is 12.5. The molecule has 0 spiro atoms. The van der Waals surface area contributed by atoms with Crippen LogP contribution in [0.25, 0.3) is 0 Å². The van der Waals surface area contributed by atoms with Crippen LogP contribution in [-0.4, -0.2) is 36.6 Å². The van der Waals surface area contributed by atoms with Gasteiger partial charge >= 0.3 is 0 Å². The van der Waals surface area contributed by atoms with Crippen molar-refractivity contribution in [1.82, 2.24) is 4.90 Å². The van der Waals surface area contributed by atoms with Gasteiger partial charge in [-0.15, -0.1) is 0 Å². The Hall–Kier alpha value is -0.570. The number of ether oxygens (including phenoxy) is 1. The van der Waals surface area contributed by atoms with Crippen LogP contribution in [0.4, 0.5) is 0 Å². The number of hydrogen-bond donors (Lipinski definition) is 0. The predicted octanol–water partition coefficient (Wildman–Crippen LogP) is 1.92. The van der Waals surface area contributed by atoms with Crippen LogP contribution in [0.3, 0.4) is 0 Å². The largest absolute Gasteiger partial charge is 0.374 e. The molecule has 15 heavy (non-hydrogen) atoms. The molecule has 1 atom stereocenters. The molecule has 0 aromatic heterocycles. The summed E-state index contributed by atoms with van der Waals surface area (Å²) in [6.45, 7) is 12.3. The van der Waals surface area contributed by atoms with E-state index in [1.54, 1.807) is 0 Å². The van der Waals surface area contributed by atoms with Gasteiger partial charge in [0.25, 0.3) is 0 Å². The molecule has 1 amide bonds. The van der Waals surface area contributed by atoms with Gasteiger partial charge in [0.15, 0.2) is 0 Å². The average Bonchev–Trinajstić information content (AvgIpc) is 2.15. The van der Waals surface area contributed by atoms with Gasteiger partial charge in [0.2, 0.25) is 5.91 Å². The molecule has 0 aliphatic carbocycles. The maximum atomic E-state index is 12.1. The summed E-state index contributed by atoms with van der Waals surface area (Å²) in [6.07, 6.45) is 0.199. The maximum Gasteiger partial charge on any atom is 0.228 e. The van der Waals surface area contributed by atoms with Crippen LogP contribution in [0.2, 0.25) is 0 Å². The number of carbonyl (C=O) groups excluding carboxylic acids is 1. The van der Waals surface area contributed by atoms with E-state index >= 15 is 0 Å². The van der Waals surface area contributed by atoms with Crippen LogP contribution in [0.5, 0.6) is 0 Å². The van der Waals surface area contributed by atoms with Gasteiger partial charge in [0.05, 0.1) is 12.7 Å². The molecular weight excluding hydrogens is 190 g/mol. The highest BCUT2D eigenvalue weighted by Gasteiger charge is 2.32. The Morgan fingerprint density at radius 1 is 1.40 bits per heavy atom. The SMILES string of the molecule is CC(C)[C@H]1CN(C(=O)C(C)(C)C)CCO1. The monoisotopic (exact) mass is 213 g/mol. The Balaban J connectivity index is 2.60. The molecular formula is C12H23NO2. The minimum absolute atomic E-state index is 0.199. The molecule has 1 aliphatic heterocycles. The van der Waals surface area contributed by atoms with Crippen LogP contribution < -0.4 is 0 Å². The van der Waals surface area contributed by atoms with Gasteiger partial charge in [0.1, 0.15) is 0 Å². The molecule has 1 aliphatic rings. The number of hydrogen-bond acceptors (Lipinski definition) is 2. The van der Waals surface area contributed by atoms with E-state index in [2.05, 4.69) is 13.8 Å². The number of amides is 1. The van der Waals surface area contributed by atoms with Gasteiger partial charge in [-0.25, -0.2) is 0 Å². The lowest BCUT2D eigenvalue weighted by atomic mass is 9.93. The summed E-state index contributed by atoms with van der Waals surface area (Å²) in [7, 11) is 0. The third kappa shape index (κ3) is 3.20. The number of nitrogens with zero attached hydrogens (tertiary/aromatic N) is 1. The molecule has 88 valence electrons.